The van der Waals surface area contributed by atoms with Gasteiger partial charge in [0.25, 0.3) is 0 Å². The van der Waals surface area contributed by atoms with Gasteiger partial charge in [-0.3, -0.25) is 0 Å². The Labute approximate surface area is 68.5 Å². The summed E-state index contributed by atoms with van der Waals surface area (Å²) in [7, 11) is 1.80. The minimum absolute atomic E-state index is 0.0401. The Morgan fingerprint density at radius 2 is 2.10 bits per heavy atom. The van der Waals surface area contributed by atoms with Gasteiger partial charge in [-0.15, -0.1) is 11.6 Å². The van der Waals surface area contributed by atoms with Gasteiger partial charge in [0.15, 0.2) is 0 Å². The molecule has 0 rings (SSSR count). The molecule has 0 atom stereocenters. The first kappa shape index (κ1) is 9.96. The first-order chi connectivity index (χ1) is 4.56. The fourth-order valence-electron chi connectivity index (χ4n) is 0.743. The Kier molecular flexibility index (Phi) is 4.71. The second-order valence-electron chi connectivity index (χ2n) is 3.05. The van der Waals surface area contributed by atoms with E-state index in [4.69, 9.17) is 11.6 Å². The minimum Gasteiger partial charge on any atom is -0.301 e. The van der Waals surface area contributed by atoms with Gasteiger partial charge in [0.1, 0.15) is 0 Å². The molecule has 0 unspecified atom stereocenters. The fourth-order valence-corrected chi connectivity index (χ4v) is 0.876. The lowest BCUT2D eigenvalue weighted by molar-refractivity contribution is 0.604. The van der Waals surface area contributed by atoms with Crippen LogP contribution in [-0.2, 0) is 0 Å². The molecule has 2 heteroatoms. The zero-order valence-corrected chi connectivity index (χ0v) is 7.78. The summed E-state index contributed by atoms with van der Waals surface area (Å²) in [5.41, 5.74) is 0. The summed E-state index contributed by atoms with van der Waals surface area (Å²) in [5.74, 6) is 0. The van der Waals surface area contributed by atoms with E-state index >= 15 is 0 Å². The second-order valence-corrected chi connectivity index (χ2v) is 4.07. The van der Waals surface area contributed by atoms with Crippen LogP contribution in [0.3, 0.4) is 0 Å². The van der Waals surface area contributed by atoms with Crippen LogP contribution in [0.25, 0.3) is 0 Å². The molecule has 60 valence electrons. The summed E-state index contributed by atoms with van der Waals surface area (Å²) in [6.07, 6.45) is 5.17. The van der Waals surface area contributed by atoms with E-state index in [1.54, 1.807) is 7.05 Å². The quantitative estimate of drug-likeness (QED) is 0.342. The average Bonchev–Trinajstić information content (AvgIpc) is 1.78. The summed E-state index contributed by atoms with van der Waals surface area (Å²) >= 11 is 5.97. The van der Waals surface area contributed by atoms with Gasteiger partial charge in [-0.25, -0.2) is 0 Å². The highest BCUT2D eigenvalue weighted by Gasteiger charge is 2.10. The third kappa shape index (κ3) is 7.96. The molecule has 1 nitrogen and oxygen atoms in total. The van der Waals surface area contributed by atoms with Crippen molar-refractivity contribution >= 4 is 17.8 Å². The van der Waals surface area contributed by atoms with E-state index in [-0.39, 0.29) is 4.87 Å². The zero-order valence-electron chi connectivity index (χ0n) is 7.02. The summed E-state index contributed by atoms with van der Waals surface area (Å²) in [6.45, 7) is 4.08. The van der Waals surface area contributed by atoms with E-state index in [9.17, 15) is 0 Å². The Bertz CT molecular complexity index is 102. The van der Waals surface area contributed by atoms with Crippen molar-refractivity contribution in [3.8, 4) is 0 Å². The molecule has 0 amide bonds. The van der Waals surface area contributed by atoms with E-state index in [0.717, 1.165) is 19.3 Å². The molecule has 0 aliphatic carbocycles. The number of unbranched alkanes of at least 4 members (excludes halogenated alkanes) is 1. The van der Waals surface area contributed by atoms with Crippen LogP contribution in [0.4, 0.5) is 0 Å². The van der Waals surface area contributed by atoms with Gasteiger partial charge in [0.2, 0.25) is 0 Å². The molecule has 0 saturated carbocycles. The van der Waals surface area contributed by atoms with E-state index in [0.29, 0.717) is 0 Å². The number of hydrogen-bond acceptors (Lipinski definition) is 1. The normalized spacial score (nSPS) is 12.8. The Morgan fingerprint density at radius 3 is 2.50 bits per heavy atom. The lowest BCUT2D eigenvalue weighted by Crippen LogP contribution is -2.08. The van der Waals surface area contributed by atoms with E-state index < -0.39 is 0 Å². The third-order valence-electron chi connectivity index (χ3n) is 1.29. The van der Waals surface area contributed by atoms with Crippen molar-refractivity contribution in [1.82, 2.24) is 0 Å². The highest BCUT2D eigenvalue weighted by molar-refractivity contribution is 6.23. The largest absolute Gasteiger partial charge is 0.301 e. The zero-order chi connectivity index (χ0) is 8.04. The highest BCUT2D eigenvalue weighted by Crippen LogP contribution is 2.19. The molecular formula is C8H16ClN. The molecule has 0 aromatic carbocycles. The average molecular weight is 162 g/mol. The molecule has 0 radical (unpaired) electrons. The van der Waals surface area contributed by atoms with Gasteiger partial charge in [-0.2, -0.15) is 0 Å². The molecule has 0 bridgehead atoms. The standard InChI is InChI=1S/C8H16ClN/c1-8(2,9)6-4-5-7-10-3/h7H,4-6H2,1-3H3/b10-7+. The van der Waals surface area contributed by atoms with Gasteiger partial charge >= 0.3 is 0 Å². The van der Waals surface area contributed by atoms with Crippen LogP contribution in [0.5, 0.6) is 0 Å². The SMILES string of the molecule is C/N=C/CCCC(C)(C)Cl. The van der Waals surface area contributed by atoms with Gasteiger partial charge in [0.05, 0.1) is 0 Å². The Hall–Kier alpha value is -0.0400. The van der Waals surface area contributed by atoms with Crippen LogP contribution in [0.2, 0.25) is 0 Å². The molecule has 0 fully saturated rings. The van der Waals surface area contributed by atoms with Gasteiger partial charge in [-0.1, -0.05) is 0 Å². The maximum atomic E-state index is 5.97. The molecular weight excluding hydrogens is 146 g/mol. The maximum absolute atomic E-state index is 5.97. The Balaban J connectivity index is 3.20. The predicted molar refractivity (Wildman–Crippen MR) is 48.2 cm³/mol. The number of alkyl halides is 1. The molecule has 0 aliphatic heterocycles. The first-order valence-electron chi connectivity index (χ1n) is 3.66. The lowest BCUT2D eigenvalue weighted by atomic mass is 10.1. The first-order valence-corrected chi connectivity index (χ1v) is 4.03. The number of rotatable bonds is 4. The topological polar surface area (TPSA) is 12.4 Å². The molecule has 0 saturated heterocycles. The molecule has 0 aliphatic rings. The predicted octanol–water partition coefficient (Wildman–Crippen LogP) is 2.87. The van der Waals surface area contributed by atoms with Crippen molar-refractivity contribution in [2.75, 3.05) is 7.05 Å². The van der Waals surface area contributed by atoms with Crippen molar-refractivity contribution < 1.29 is 0 Å². The molecule has 0 heterocycles. The monoisotopic (exact) mass is 161 g/mol. The number of halogens is 1. The minimum atomic E-state index is -0.0401. The van der Waals surface area contributed by atoms with Crippen molar-refractivity contribution in [2.24, 2.45) is 4.99 Å². The van der Waals surface area contributed by atoms with E-state index in [1.165, 1.54) is 0 Å². The van der Waals surface area contributed by atoms with Crippen LogP contribution in [0, 0.1) is 0 Å². The van der Waals surface area contributed by atoms with Gasteiger partial charge in [-0.05, 0) is 39.3 Å². The number of nitrogens with zero attached hydrogens (tertiary/aromatic N) is 1. The van der Waals surface area contributed by atoms with Crippen molar-refractivity contribution in [2.45, 2.75) is 38.0 Å². The fraction of sp³-hybridized carbons (Fsp3) is 0.875. The molecule has 10 heavy (non-hydrogen) atoms. The summed E-state index contributed by atoms with van der Waals surface area (Å²) < 4.78 is 0. The third-order valence-corrected chi connectivity index (χ3v) is 1.48. The Morgan fingerprint density at radius 1 is 1.50 bits per heavy atom. The van der Waals surface area contributed by atoms with Crippen molar-refractivity contribution in [1.29, 1.82) is 0 Å². The van der Waals surface area contributed by atoms with Crippen LogP contribution in [0.15, 0.2) is 4.99 Å². The van der Waals surface area contributed by atoms with Crippen molar-refractivity contribution in [3.63, 3.8) is 0 Å². The summed E-state index contributed by atoms with van der Waals surface area (Å²) in [6, 6.07) is 0. The van der Waals surface area contributed by atoms with Gasteiger partial charge < -0.3 is 4.99 Å². The van der Waals surface area contributed by atoms with Crippen LogP contribution in [-0.4, -0.2) is 18.1 Å². The molecule has 0 spiro atoms. The van der Waals surface area contributed by atoms with E-state index in [2.05, 4.69) is 4.99 Å². The van der Waals surface area contributed by atoms with Crippen LogP contribution < -0.4 is 0 Å². The second kappa shape index (κ2) is 4.73. The molecule has 0 aromatic heterocycles. The maximum Gasteiger partial charge on any atom is 0.0390 e. The van der Waals surface area contributed by atoms with Gasteiger partial charge in [0, 0.05) is 11.9 Å². The summed E-state index contributed by atoms with van der Waals surface area (Å²) in [5, 5.41) is 0. The van der Waals surface area contributed by atoms with Crippen molar-refractivity contribution in [3.05, 3.63) is 0 Å². The summed E-state index contributed by atoms with van der Waals surface area (Å²) in [4.78, 5) is 3.85. The van der Waals surface area contributed by atoms with Crippen LogP contribution >= 0.6 is 11.6 Å². The number of aliphatic imine (C=N–C) groups is 1. The molecule has 0 aromatic rings. The molecule has 0 N–H and O–H groups in total. The highest BCUT2D eigenvalue weighted by atomic mass is 35.5. The van der Waals surface area contributed by atoms with Crippen LogP contribution in [0.1, 0.15) is 33.1 Å². The van der Waals surface area contributed by atoms with E-state index in [1.807, 2.05) is 20.1 Å². The smallest absolute Gasteiger partial charge is 0.0390 e. The number of hydrogen-bond donors (Lipinski definition) is 0. The lowest BCUT2D eigenvalue weighted by Gasteiger charge is -2.13.